The lowest BCUT2D eigenvalue weighted by Gasteiger charge is -2.37. The third kappa shape index (κ3) is 1.35. The van der Waals surface area contributed by atoms with E-state index in [1.54, 1.807) is 0 Å². The Balaban J connectivity index is 2.64. The fourth-order valence-electron chi connectivity index (χ4n) is 1.18. The van der Waals surface area contributed by atoms with Crippen molar-refractivity contribution >= 4 is 0 Å². The Labute approximate surface area is 62.6 Å². The van der Waals surface area contributed by atoms with Gasteiger partial charge < -0.3 is 0 Å². The van der Waals surface area contributed by atoms with Crippen molar-refractivity contribution < 1.29 is 17.6 Å². The lowest BCUT2D eigenvalue weighted by molar-refractivity contribution is -0.249. The zero-order chi connectivity index (χ0) is 8.70. The summed E-state index contributed by atoms with van der Waals surface area (Å²) < 4.78 is 48.7. The largest absolute Gasteiger partial charge is 0.422 e. The molecule has 1 unspecified atom stereocenters. The predicted octanol–water partition coefficient (Wildman–Crippen LogP) is 3.08. The van der Waals surface area contributed by atoms with E-state index in [1.807, 2.05) is 0 Å². The zero-order valence-electron chi connectivity index (χ0n) is 6.21. The standard InChI is InChI=1S/C7H10F4/c1-6(8,7(9,10)11)5-3-2-4-5/h5H,2-4H2,1H3. The maximum absolute atomic E-state index is 12.9. The Morgan fingerprint density at radius 3 is 1.64 bits per heavy atom. The molecule has 0 nitrogen and oxygen atoms in total. The van der Waals surface area contributed by atoms with Crippen molar-refractivity contribution in [2.45, 2.75) is 38.0 Å². The molecule has 0 spiro atoms. The van der Waals surface area contributed by atoms with Crippen molar-refractivity contribution in [1.29, 1.82) is 0 Å². The summed E-state index contributed by atoms with van der Waals surface area (Å²) in [6, 6.07) is 0. The van der Waals surface area contributed by atoms with E-state index in [0.717, 1.165) is 6.42 Å². The Hall–Kier alpha value is -0.280. The number of hydrogen-bond acceptors (Lipinski definition) is 0. The molecule has 0 N–H and O–H groups in total. The van der Waals surface area contributed by atoms with Crippen LogP contribution >= 0.6 is 0 Å². The van der Waals surface area contributed by atoms with Crippen molar-refractivity contribution in [3.05, 3.63) is 0 Å². The molecule has 1 aliphatic rings. The summed E-state index contributed by atoms with van der Waals surface area (Å²) in [6.45, 7) is 0.636. The minimum atomic E-state index is -4.70. The van der Waals surface area contributed by atoms with Crippen molar-refractivity contribution in [3.63, 3.8) is 0 Å². The molecule has 0 bridgehead atoms. The van der Waals surface area contributed by atoms with Crippen molar-refractivity contribution in [3.8, 4) is 0 Å². The Bertz CT molecular complexity index is 143. The van der Waals surface area contributed by atoms with Crippen LogP contribution in [0, 0.1) is 5.92 Å². The van der Waals surface area contributed by atoms with Gasteiger partial charge in [0.25, 0.3) is 0 Å². The van der Waals surface area contributed by atoms with Gasteiger partial charge in [-0.05, 0) is 19.8 Å². The fraction of sp³-hybridized carbons (Fsp3) is 1.00. The number of hydrogen-bond donors (Lipinski definition) is 0. The third-order valence-corrected chi connectivity index (χ3v) is 2.43. The van der Waals surface area contributed by atoms with Crippen LogP contribution in [0.5, 0.6) is 0 Å². The molecule has 1 aliphatic carbocycles. The second kappa shape index (κ2) is 2.35. The molecule has 1 saturated carbocycles. The summed E-state index contributed by atoms with van der Waals surface area (Å²) in [4.78, 5) is 0. The van der Waals surface area contributed by atoms with Gasteiger partial charge >= 0.3 is 6.18 Å². The first-order valence-corrected chi connectivity index (χ1v) is 3.61. The van der Waals surface area contributed by atoms with Crippen molar-refractivity contribution in [2.75, 3.05) is 0 Å². The van der Waals surface area contributed by atoms with Gasteiger partial charge in [-0.1, -0.05) is 6.42 Å². The molecule has 0 saturated heterocycles. The second-order valence-corrected chi connectivity index (χ2v) is 3.20. The summed E-state index contributed by atoms with van der Waals surface area (Å²) in [7, 11) is 0. The molecular formula is C7H10F4. The van der Waals surface area contributed by atoms with Gasteiger partial charge in [0.05, 0.1) is 0 Å². The van der Waals surface area contributed by atoms with Crippen LogP contribution in [-0.4, -0.2) is 11.8 Å². The van der Waals surface area contributed by atoms with Crippen LogP contribution in [0.25, 0.3) is 0 Å². The normalized spacial score (nSPS) is 25.9. The molecule has 0 aromatic carbocycles. The first kappa shape index (κ1) is 8.81. The van der Waals surface area contributed by atoms with Gasteiger partial charge in [-0.25, -0.2) is 4.39 Å². The monoisotopic (exact) mass is 170 g/mol. The highest BCUT2D eigenvalue weighted by molar-refractivity contribution is 4.93. The van der Waals surface area contributed by atoms with E-state index < -0.39 is 17.8 Å². The van der Waals surface area contributed by atoms with Crippen LogP contribution in [0.4, 0.5) is 17.6 Å². The van der Waals surface area contributed by atoms with E-state index in [9.17, 15) is 17.6 Å². The quantitative estimate of drug-likeness (QED) is 0.530. The predicted molar refractivity (Wildman–Crippen MR) is 32.9 cm³/mol. The highest BCUT2D eigenvalue weighted by Gasteiger charge is 2.58. The van der Waals surface area contributed by atoms with Crippen LogP contribution in [0.3, 0.4) is 0 Å². The van der Waals surface area contributed by atoms with E-state index in [2.05, 4.69) is 0 Å². The van der Waals surface area contributed by atoms with E-state index >= 15 is 0 Å². The molecular weight excluding hydrogens is 160 g/mol. The Kier molecular flexibility index (Phi) is 1.89. The van der Waals surface area contributed by atoms with Crippen LogP contribution in [-0.2, 0) is 0 Å². The minimum absolute atomic E-state index is 0.368. The molecule has 0 heterocycles. The summed E-state index contributed by atoms with van der Waals surface area (Å²) >= 11 is 0. The Morgan fingerprint density at radius 1 is 1.09 bits per heavy atom. The zero-order valence-corrected chi connectivity index (χ0v) is 6.21. The van der Waals surface area contributed by atoms with Gasteiger partial charge in [0, 0.05) is 5.92 Å². The molecule has 66 valence electrons. The highest BCUT2D eigenvalue weighted by atomic mass is 19.4. The third-order valence-electron chi connectivity index (χ3n) is 2.43. The molecule has 0 radical (unpaired) electrons. The number of halogens is 4. The van der Waals surface area contributed by atoms with Crippen LogP contribution in [0.1, 0.15) is 26.2 Å². The van der Waals surface area contributed by atoms with E-state index in [1.165, 1.54) is 0 Å². The van der Waals surface area contributed by atoms with Gasteiger partial charge in [0.15, 0.2) is 0 Å². The summed E-state index contributed by atoms with van der Waals surface area (Å²) in [5.41, 5.74) is -2.97. The van der Waals surface area contributed by atoms with Crippen molar-refractivity contribution in [2.24, 2.45) is 5.92 Å². The number of rotatable bonds is 1. The van der Waals surface area contributed by atoms with Crippen LogP contribution in [0.2, 0.25) is 0 Å². The molecule has 0 amide bonds. The summed E-state index contributed by atoms with van der Waals surface area (Å²) in [5.74, 6) is -0.803. The maximum atomic E-state index is 12.9. The topological polar surface area (TPSA) is 0 Å². The van der Waals surface area contributed by atoms with Gasteiger partial charge in [0.2, 0.25) is 5.67 Å². The second-order valence-electron chi connectivity index (χ2n) is 3.20. The molecule has 0 aliphatic heterocycles. The lowest BCUT2D eigenvalue weighted by Crippen LogP contribution is -2.47. The molecule has 1 atom stereocenters. The number of alkyl halides is 4. The van der Waals surface area contributed by atoms with Crippen molar-refractivity contribution in [1.82, 2.24) is 0 Å². The maximum Gasteiger partial charge on any atom is 0.422 e. The SMILES string of the molecule is CC(F)(C1CCC1)C(F)(F)F. The van der Waals surface area contributed by atoms with Crippen LogP contribution < -0.4 is 0 Å². The van der Waals surface area contributed by atoms with Gasteiger partial charge in [-0.2, -0.15) is 13.2 Å². The lowest BCUT2D eigenvalue weighted by atomic mass is 9.74. The summed E-state index contributed by atoms with van der Waals surface area (Å²) in [6.07, 6.45) is -3.24. The smallest absolute Gasteiger partial charge is 0.234 e. The Morgan fingerprint density at radius 2 is 1.55 bits per heavy atom. The first-order chi connectivity index (χ1) is 4.86. The first-order valence-electron chi connectivity index (χ1n) is 3.61. The van der Waals surface area contributed by atoms with E-state index in [4.69, 9.17) is 0 Å². The molecule has 1 fully saturated rings. The van der Waals surface area contributed by atoms with E-state index in [0.29, 0.717) is 19.8 Å². The molecule has 0 aromatic heterocycles. The molecule has 1 rings (SSSR count). The summed E-state index contributed by atoms with van der Waals surface area (Å²) in [5, 5.41) is 0. The van der Waals surface area contributed by atoms with Gasteiger partial charge in [-0.3, -0.25) is 0 Å². The molecule has 11 heavy (non-hydrogen) atoms. The van der Waals surface area contributed by atoms with Crippen LogP contribution in [0.15, 0.2) is 0 Å². The van der Waals surface area contributed by atoms with Gasteiger partial charge in [-0.15, -0.1) is 0 Å². The average molecular weight is 170 g/mol. The molecule has 4 heteroatoms. The average Bonchev–Trinajstić information content (AvgIpc) is 1.53. The van der Waals surface area contributed by atoms with Gasteiger partial charge in [0.1, 0.15) is 0 Å². The fourth-order valence-corrected chi connectivity index (χ4v) is 1.18. The van der Waals surface area contributed by atoms with E-state index in [-0.39, 0.29) is 0 Å². The minimum Gasteiger partial charge on any atom is -0.234 e. The molecule has 0 aromatic rings. The highest BCUT2D eigenvalue weighted by Crippen LogP contribution is 2.47.